The number of hydrogen-bond acceptors (Lipinski definition) is 3. The summed E-state index contributed by atoms with van der Waals surface area (Å²) in [5.41, 5.74) is 3.23. The Morgan fingerprint density at radius 3 is 2.28 bits per heavy atom. The molecule has 1 heterocycles. The number of para-hydroxylation sites is 1. The van der Waals surface area contributed by atoms with Crippen LogP contribution < -0.4 is 10.2 Å². The minimum absolute atomic E-state index is 0.0529. The second-order valence-electron chi connectivity index (χ2n) is 6.51. The molecule has 0 spiro atoms. The van der Waals surface area contributed by atoms with Gasteiger partial charge in [-0.2, -0.15) is 0 Å². The zero-order chi connectivity index (χ0) is 18.2. The van der Waals surface area contributed by atoms with Crippen molar-refractivity contribution < 1.29 is 19.2 Å². The summed E-state index contributed by atoms with van der Waals surface area (Å²) >= 11 is 0. The van der Waals surface area contributed by atoms with Crippen molar-refractivity contribution in [1.82, 2.24) is 4.90 Å². The van der Waals surface area contributed by atoms with Gasteiger partial charge < -0.3 is 19.9 Å². The van der Waals surface area contributed by atoms with Crippen LogP contribution in [0.5, 0.6) is 0 Å². The van der Waals surface area contributed by atoms with E-state index in [9.17, 15) is 9.59 Å². The molecule has 2 rings (SSSR count). The van der Waals surface area contributed by atoms with Crippen molar-refractivity contribution in [1.29, 1.82) is 0 Å². The van der Waals surface area contributed by atoms with E-state index in [1.807, 2.05) is 30.1 Å². The van der Waals surface area contributed by atoms with Crippen LogP contribution in [-0.4, -0.2) is 63.2 Å². The van der Waals surface area contributed by atoms with Crippen LogP contribution in [0.25, 0.3) is 0 Å². The van der Waals surface area contributed by atoms with E-state index in [0.717, 1.165) is 34.6 Å². The number of amides is 2. The molecule has 0 radical (unpaired) electrons. The van der Waals surface area contributed by atoms with Crippen molar-refractivity contribution in [2.24, 2.45) is 0 Å². The molecular formula is C19H30N3O3+. The van der Waals surface area contributed by atoms with Crippen molar-refractivity contribution in [3.63, 3.8) is 0 Å². The number of nitrogens with zero attached hydrogens (tertiary/aromatic N) is 1. The lowest BCUT2D eigenvalue weighted by molar-refractivity contribution is -0.862. The van der Waals surface area contributed by atoms with E-state index in [1.165, 1.54) is 0 Å². The number of likely N-dealkylation sites (N-methyl/N-ethyl adjacent to an activating group) is 1. The van der Waals surface area contributed by atoms with E-state index < -0.39 is 0 Å². The van der Waals surface area contributed by atoms with Crippen molar-refractivity contribution >= 4 is 17.5 Å². The van der Waals surface area contributed by atoms with Crippen molar-refractivity contribution in [2.45, 2.75) is 26.7 Å². The zero-order valence-electron chi connectivity index (χ0n) is 15.6. The van der Waals surface area contributed by atoms with Crippen LogP contribution in [0.3, 0.4) is 0 Å². The summed E-state index contributed by atoms with van der Waals surface area (Å²) < 4.78 is 5.26. The predicted octanol–water partition coefficient (Wildman–Crippen LogP) is 0.123. The molecule has 1 unspecified atom stereocenters. The fraction of sp³-hybridized carbons (Fsp3) is 0.579. The fourth-order valence-corrected chi connectivity index (χ4v) is 3.11. The van der Waals surface area contributed by atoms with Gasteiger partial charge in [0.2, 0.25) is 0 Å². The molecule has 1 aliphatic heterocycles. The molecule has 1 fully saturated rings. The second-order valence-corrected chi connectivity index (χ2v) is 6.51. The minimum Gasteiger partial charge on any atom is -0.378 e. The van der Waals surface area contributed by atoms with Gasteiger partial charge in [0, 0.05) is 18.8 Å². The molecule has 1 saturated heterocycles. The van der Waals surface area contributed by atoms with Crippen molar-refractivity contribution in [3.8, 4) is 0 Å². The molecule has 0 bridgehead atoms. The van der Waals surface area contributed by atoms with E-state index in [1.54, 1.807) is 0 Å². The number of nitrogens with one attached hydrogen (secondary N) is 2. The number of aryl methyl sites for hydroxylation is 2. The third-order valence-electron chi connectivity index (χ3n) is 4.54. The Bertz CT molecular complexity index is 575. The van der Waals surface area contributed by atoms with Gasteiger partial charge in [-0.15, -0.1) is 0 Å². The molecule has 2 N–H and O–H groups in total. The van der Waals surface area contributed by atoms with Gasteiger partial charge in [-0.3, -0.25) is 9.59 Å². The summed E-state index contributed by atoms with van der Waals surface area (Å²) in [4.78, 5) is 27.4. The maximum atomic E-state index is 12.4. The Balaban J connectivity index is 1.90. The van der Waals surface area contributed by atoms with Crippen LogP contribution in [0.1, 0.15) is 25.0 Å². The summed E-state index contributed by atoms with van der Waals surface area (Å²) in [7, 11) is 1.88. The van der Waals surface area contributed by atoms with Gasteiger partial charge in [0.15, 0.2) is 13.1 Å². The molecule has 1 aromatic rings. The summed E-state index contributed by atoms with van der Waals surface area (Å²) in [6.45, 7) is 7.24. The van der Waals surface area contributed by atoms with Gasteiger partial charge in [-0.1, -0.05) is 32.0 Å². The first-order chi connectivity index (χ1) is 12.0. The van der Waals surface area contributed by atoms with E-state index >= 15 is 0 Å². The van der Waals surface area contributed by atoms with E-state index in [-0.39, 0.29) is 18.4 Å². The first kappa shape index (κ1) is 19.4. The normalized spacial score (nSPS) is 15.7. The smallest absolute Gasteiger partial charge is 0.279 e. The Hall–Kier alpha value is -1.92. The number of rotatable bonds is 7. The summed E-state index contributed by atoms with van der Waals surface area (Å²) in [5, 5.41) is 3.06. The largest absolute Gasteiger partial charge is 0.378 e. The fourth-order valence-electron chi connectivity index (χ4n) is 3.11. The molecular weight excluding hydrogens is 318 g/mol. The highest BCUT2D eigenvalue weighted by molar-refractivity contribution is 5.93. The van der Waals surface area contributed by atoms with Gasteiger partial charge >= 0.3 is 0 Å². The molecule has 0 aromatic heterocycles. The number of hydrogen-bond donors (Lipinski definition) is 2. The summed E-state index contributed by atoms with van der Waals surface area (Å²) in [6, 6.07) is 6.13. The minimum atomic E-state index is -0.0529. The second kappa shape index (κ2) is 9.53. The predicted molar refractivity (Wildman–Crippen MR) is 97.8 cm³/mol. The average Bonchev–Trinajstić information content (AvgIpc) is 2.62. The molecule has 25 heavy (non-hydrogen) atoms. The van der Waals surface area contributed by atoms with E-state index in [0.29, 0.717) is 32.8 Å². The lowest BCUT2D eigenvalue weighted by Gasteiger charge is -2.27. The number of morpholine rings is 1. The van der Waals surface area contributed by atoms with Crippen LogP contribution in [0.2, 0.25) is 0 Å². The van der Waals surface area contributed by atoms with E-state index in [4.69, 9.17) is 4.74 Å². The van der Waals surface area contributed by atoms with Gasteiger partial charge in [0.25, 0.3) is 11.8 Å². The van der Waals surface area contributed by atoms with Crippen LogP contribution in [0.4, 0.5) is 5.69 Å². The molecule has 138 valence electrons. The SMILES string of the molecule is CCc1cccc(CC)c1NC(=O)C[NH+](C)CC(=O)N1CCOCC1. The molecule has 6 heteroatoms. The zero-order valence-corrected chi connectivity index (χ0v) is 15.6. The van der Waals surface area contributed by atoms with Gasteiger partial charge in [0.1, 0.15) is 0 Å². The highest BCUT2D eigenvalue weighted by Gasteiger charge is 2.22. The molecule has 6 nitrogen and oxygen atoms in total. The third-order valence-corrected chi connectivity index (χ3v) is 4.54. The molecule has 1 atom stereocenters. The number of quaternary nitrogens is 1. The summed E-state index contributed by atoms with van der Waals surface area (Å²) in [5.74, 6) is 0.0275. The molecule has 0 saturated carbocycles. The van der Waals surface area contributed by atoms with Crippen molar-refractivity contribution in [3.05, 3.63) is 29.3 Å². The Morgan fingerprint density at radius 1 is 1.12 bits per heavy atom. The Labute approximate surface area is 150 Å². The molecule has 1 aromatic carbocycles. The van der Waals surface area contributed by atoms with E-state index in [2.05, 4.69) is 19.2 Å². The van der Waals surface area contributed by atoms with Gasteiger partial charge in [-0.05, 0) is 24.0 Å². The quantitative estimate of drug-likeness (QED) is 0.736. The monoisotopic (exact) mass is 348 g/mol. The Morgan fingerprint density at radius 2 is 1.72 bits per heavy atom. The van der Waals surface area contributed by atoms with Crippen LogP contribution in [0.15, 0.2) is 18.2 Å². The van der Waals surface area contributed by atoms with Crippen molar-refractivity contribution in [2.75, 3.05) is 51.8 Å². The van der Waals surface area contributed by atoms with Crippen LogP contribution in [-0.2, 0) is 27.2 Å². The van der Waals surface area contributed by atoms with Gasteiger partial charge in [-0.25, -0.2) is 0 Å². The van der Waals surface area contributed by atoms with Crippen LogP contribution in [0, 0.1) is 0 Å². The number of ether oxygens (including phenoxy) is 1. The first-order valence-corrected chi connectivity index (χ1v) is 9.12. The third kappa shape index (κ3) is 5.54. The number of carbonyl (C=O) groups excluding carboxylic acids is 2. The lowest BCUT2D eigenvalue weighted by atomic mass is 10.0. The Kier molecular flexibility index (Phi) is 7.40. The maximum Gasteiger partial charge on any atom is 0.279 e. The molecule has 2 amide bonds. The molecule has 1 aliphatic rings. The van der Waals surface area contributed by atoms with Gasteiger partial charge in [0.05, 0.1) is 20.3 Å². The summed E-state index contributed by atoms with van der Waals surface area (Å²) in [6.07, 6.45) is 1.75. The number of benzene rings is 1. The highest BCUT2D eigenvalue weighted by atomic mass is 16.5. The average molecular weight is 348 g/mol. The van der Waals surface area contributed by atoms with Crippen LogP contribution >= 0.6 is 0 Å². The topological polar surface area (TPSA) is 63.1 Å². The lowest BCUT2D eigenvalue weighted by Crippen LogP contribution is -3.11. The number of carbonyl (C=O) groups is 2. The standard InChI is InChI=1S/C19H29N3O3/c1-4-15-7-6-8-16(5-2)19(15)20-17(23)13-21(3)14-18(24)22-9-11-25-12-10-22/h6-8H,4-5,9-14H2,1-3H3,(H,20,23)/p+1. The molecule has 0 aliphatic carbocycles. The number of anilines is 1. The maximum absolute atomic E-state index is 12.4. The highest BCUT2D eigenvalue weighted by Crippen LogP contribution is 2.22. The first-order valence-electron chi connectivity index (χ1n) is 9.12.